The number of hydrogen-bond acceptors (Lipinski definition) is 6. The molecule has 156 valence electrons. The predicted octanol–water partition coefficient (Wildman–Crippen LogP) is 4.52. The van der Waals surface area contributed by atoms with E-state index in [4.69, 9.17) is 14.7 Å². The molecule has 7 heteroatoms. The number of pyridine rings is 1. The first kappa shape index (κ1) is 20.5. The summed E-state index contributed by atoms with van der Waals surface area (Å²) in [5.41, 5.74) is 3.57. The number of piperidine rings is 1. The van der Waals surface area contributed by atoms with Gasteiger partial charge in [-0.2, -0.15) is 0 Å². The smallest absolute Gasteiger partial charge is 0.228 e. The number of methoxy groups -OCH3 is 1. The van der Waals surface area contributed by atoms with Gasteiger partial charge in [-0.25, -0.2) is 15.0 Å². The number of anilines is 1. The number of aryl methyl sites for hydroxylation is 1. The predicted molar refractivity (Wildman–Crippen MR) is 117 cm³/mol. The molecule has 2 fully saturated rings. The number of nitrogens with zero attached hydrogens (tertiary/aromatic N) is 4. The molecule has 2 aliphatic rings. The highest BCUT2D eigenvalue weighted by atomic mass is 79.9. The summed E-state index contributed by atoms with van der Waals surface area (Å²) in [5.74, 6) is 2.15. The summed E-state index contributed by atoms with van der Waals surface area (Å²) in [6.07, 6.45) is 8.18. The molecular weight excluding hydrogens is 432 g/mol. The Hall–Kier alpha value is -1.73. The maximum atomic E-state index is 10.1. The minimum atomic E-state index is -0.131. The quantitative estimate of drug-likeness (QED) is 0.722. The lowest BCUT2D eigenvalue weighted by molar-refractivity contribution is 0.161. The van der Waals surface area contributed by atoms with Gasteiger partial charge in [0.2, 0.25) is 5.88 Å². The van der Waals surface area contributed by atoms with Crippen molar-refractivity contribution < 1.29 is 9.84 Å². The molecule has 6 nitrogen and oxygen atoms in total. The largest absolute Gasteiger partial charge is 0.480 e. The molecular formula is C22H29BrN4O2. The fourth-order valence-electron chi connectivity index (χ4n) is 5.13. The Kier molecular flexibility index (Phi) is 5.80. The second kappa shape index (κ2) is 8.19. The maximum absolute atomic E-state index is 10.1. The van der Waals surface area contributed by atoms with Crippen LogP contribution in [0.1, 0.15) is 50.4 Å². The zero-order valence-corrected chi connectivity index (χ0v) is 19.0. The molecule has 0 amide bonds. The van der Waals surface area contributed by atoms with Crippen LogP contribution in [-0.2, 0) is 6.61 Å². The minimum Gasteiger partial charge on any atom is -0.480 e. The van der Waals surface area contributed by atoms with Crippen LogP contribution in [0.4, 0.5) is 5.82 Å². The second-order valence-corrected chi connectivity index (χ2v) is 9.20. The molecule has 4 rings (SSSR count). The molecule has 2 aromatic rings. The first-order chi connectivity index (χ1) is 14.0. The van der Waals surface area contributed by atoms with Crippen LogP contribution in [0.5, 0.6) is 5.88 Å². The van der Waals surface area contributed by atoms with Gasteiger partial charge in [0.15, 0.2) is 5.82 Å². The van der Waals surface area contributed by atoms with Gasteiger partial charge in [-0.1, -0.05) is 19.8 Å². The molecule has 1 atom stereocenters. The lowest BCUT2D eigenvalue weighted by Gasteiger charge is -2.43. The topological polar surface area (TPSA) is 71.4 Å². The van der Waals surface area contributed by atoms with Crippen molar-refractivity contribution >= 4 is 21.7 Å². The average Bonchev–Trinajstić information content (AvgIpc) is 3.08. The highest BCUT2D eigenvalue weighted by molar-refractivity contribution is 9.10. The summed E-state index contributed by atoms with van der Waals surface area (Å²) in [4.78, 5) is 16.2. The van der Waals surface area contributed by atoms with Crippen molar-refractivity contribution in [2.45, 2.75) is 52.6 Å². The number of aliphatic hydroxyl groups excluding tert-OH is 1. The fourth-order valence-corrected chi connectivity index (χ4v) is 5.71. The Balaban J connectivity index is 1.64. The summed E-state index contributed by atoms with van der Waals surface area (Å²) in [7, 11) is 1.59. The Labute approximate surface area is 180 Å². The molecule has 1 N–H and O–H groups in total. The van der Waals surface area contributed by atoms with Crippen LogP contribution >= 0.6 is 15.9 Å². The summed E-state index contributed by atoms with van der Waals surface area (Å²) in [6.45, 7) is 6.22. The van der Waals surface area contributed by atoms with E-state index in [-0.39, 0.29) is 6.61 Å². The zero-order valence-electron chi connectivity index (χ0n) is 17.4. The van der Waals surface area contributed by atoms with E-state index >= 15 is 0 Å². The van der Waals surface area contributed by atoms with E-state index in [0.29, 0.717) is 17.0 Å². The van der Waals surface area contributed by atoms with E-state index in [0.717, 1.165) is 46.2 Å². The molecule has 1 saturated heterocycles. The van der Waals surface area contributed by atoms with Crippen molar-refractivity contribution in [1.82, 2.24) is 15.0 Å². The lowest BCUT2D eigenvalue weighted by atomic mass is 9.71. The average molecular weight is 461 g/mol. The molecule has 1 aliphatic carbocycles. The Morgan fingerprint density at radius 3 is 2.66 bits per heavy atom. The van der Waals surface area contributed by atoms with Gasteiger partial charge in [0.05, 0.1) is 29.6 Å². The van der Waals surface area contributed by atoms with Crippen LogP contribution in [0.25, 0.3) is 11.3 Å². The molecule has 1 spiro atoms. The minimum absolute atomic E-state index is 0.131. The lowest BCUT2D eigenvalue weighted by Crippen LogP contribution is -2.42. The molecule has 0 radical (unpaired) electrons. The third-order valence-electron chi connectivity index (χ3n) is 6.99. The molecule has 0 bridgehead atoms. The van der Waals surface area contributed by atoms with Crippen molar-refractivity contribution in [3.05, 3.63) is 28.1 Å². The SMILES string of the molecule is COc1nccc(-c2nc(CO)c(N3CCC4(CCC[C@H]4C)CC3)nc2C)c1Br. The van der Waals surface area contributed by atoms with E-state index in [1.165, 1.54) is 32.1 Å². The normalized spacial score (nSPS) is 21.0. The van der Waals surface area contributed by atoms with Crippen LogP contribution in [0.2, 0.25) is 0 Å². The summed E-state index contributed by atoms with van der Waals surface area (Å²) < 4.78 is 6.06. The number of halogens is 1. The van der Waals surface area contributed by atoms with Gasteiger partial charge in [-0.15, -0.1) is 0 Å². The third kappa shape index (κ3) is 3.63. The van der Waals surface area contributed by atoms with Gasteiger partial charge in [-0.3, -0.25) is 0 Å². The van der Waals surface area contributed by atoms with Crippen molar-refractivity contribution in [2.75, 3.05) is 25.1 Å². The van der Waals surface area contributed by atoms with Crippen molar-refractivity contribution in [1.29, 1.82) is 0 Å². The van der Waals surface area contributed by atoms with E-state index < -0.39 is 0 Å². The number of aliphatic hydroxyl groups is 1. The van der Waals surface area contributed by atoms with Gasteiger partial charge >= 0.3 is 0 Å². The van der Waals surface area contributed by atoms with E-state index in [9.17, 15) is 5.11 Å². The fraction of sp³-hybridized carbons (Fsp3) is 0.591. The monoisotopic (exact) mass is 460 g/mol. The van der Waals surface area contributed by atoms with Crippen LogP contribution in [0.3, 0.4) is 0 Å². The number of aromatic nitrogens is 3. The summed E-state index contributed by atoms with van der Waals surface area (Å²) in [6, 6.07) is 1.89. The zero-order chi connectivity index (χ0) is 20.6. The van der Waals surface area contributed by atoms with E-state index in [2.05, 4.69) is 32.7 Å². The van der Waals surface area contributed by atoms with Crippen molar-refractivity contribution in [2.24, 2.45) is 11.3 Å². The van der Waals surface area contributed by atoms with Gasteiger partial charge in [-0.05, 0) is 59.5 Å². The third-order valence-corrected chi connectivity index (χ3v) is 7.76. The molecule has 0 unspecified atom stereocenters. The van der Waals surface area contributed by atoms with Gasteiger partial charge in [0.1, 0.15) is 5.69 Å². The van der Waals surface area contributed by atoms with Gasteiger partial charge in [0, 0.05) is 24.8 Å². The van der Waals surface area contributed by atoms with Crippen LogP contribution in [0.15, 0.2) is 16.7 Å². The van der Waals surface area contributed by atoms with Crippen LogP contribution in [0, 0.1) is 18.3 Å². The van der Waals surface area contributed by atoms with Crippen LogP contribution in [-0.4, -0.2) is 40.3 Å². The first-order valence-electron chi connectivity index (χ1n) is 10.4. The number of hydrogen-bond donors (Lipinski definition) is 1. The molecule has 3 heterocycles. The number of rotatable bonds is 4. The maximum Gasteiger partial charge on any atom is 0.228 e. The summed E-state index contributed by atoms with van der Waals surface area (Å²) in [5, 5.41) is 10.1. The standard InChI is InChI=1S/C22H29BrN4O2/c1-14-5-4-7-22(14)8-11-27(12-9-22)20-17(13-28)26-19(15(2)25-20)16-6-10-24-21(29-3)18(16)23/h6,10,14,28H,4-5,7-9,11-13H2,1-3H3/t14-/m1/s1. The first-order valence-corrected chi connectivity index (χ1v) is 11.2. The number of ether oxygens (including phenoxy) is 1. The van der Waals surface area contributed by atoms with Crippen molar-refractivity contribution in [3.63, 3.8) is 0 Å². The van der Waals surface area contributed by atoms with E-state index in [1.54, 1.807) is 13.3 Å². The van der Waals surface area contributed by atoms with Gasteiger partial charge < -0.3 is 14.7 Å². The highest BCUT2D eigenvalue weighted by Gasteiger charge is 2.42. The highest BCUT2D eigenvalue weighted by Crippen LogP contribution is 2.50. The van der Waals surface area contributed by atoms with Crippen LogP contribution < -0.4 is 9.64 Å². The molecule has 0 aromatic carbocycles. The second-order valence-electron chi connectivity index (χ2n) is 8.41. The van der Waals surface area contributed by atoms with Gasteiger partial charge in [0.25, 0.3) is 0 Å². The Morgan fingerprint density at radius 2 is 2.03 bits per heavy atom. The van der Waals surface area contributed by atoms with E-state index in [1.807, 2.05) is 13.0 Å². The Morgan fingerprint density at radius 1 is 1.28 bits per heavy atom. The molecule has 1 aliphatic heterocycles. The Bertz CT molecular complexity index is 897. The molecule has 29 heavy (non-hydrogen) atoms. The molecule has 2 aromatic heterocycles. The molecule has 1 saturated carbocycles. The van der Waals surface area contributed by atoms with Crippen molar-refractivity contribution in [3.8, 4) is 17.1 Å². The summed E-state index contributed by atoms with van der Waals surface area (Å²) >= 11 is 3.57.